The molecule has 9 heteroatoms. The molecule has 0 aliphatic carbocycles. The molecule has 33 heavy (non-hydrogen) atoms. The number of aliphatic imine (C=N–C) groups is 1. The Morgan fingerprint density at radius 1 is 1.12 bits per heavy atom. The molecule has 0 saturated carbocycles. The van der Waals surface area contributed by atoms with Gasteiger partial charge in [0.15, 0.2) is 5.96 Å². The molecule has 3 N–H and O–H groups in total. The molecule has 1 heterocycles. The molecule has 1 fully saturated rings. The molecule has 2 aromatic carbocycles. The van der Waals surface area contributed by atoms with Crippen molar-refractivity contribution in [3.05, 3.63) is 65.5 Å². The van der Waals surface area contributed by atoms with E-state index in [1.807, 2.05) is 30.3 Å². The number of morpholine rings is 1. The van der Waals surface area contributed by atoms with Gasteiger partial charge in [-0.2, -0.15) is 0 Å². The average Bonchev–Trinajstić information content (AvgIpc) is 2.82. The van der Waals surface area contributed by atoms with Crippen LogP contribution in [0.1, 0.15) is 17.5 Å². The van der Waals surface area contributed by atoms with Gasteiger partial charge in [-0.05, 0) is 35.7 Å². The van der Waals surface area contributed by atoms with Crippen molar-refractivity contribution in [2.75, 3.05) is 51.8 Å². The zero-order valence-corrected chi connectivity index (χ0v) is 21.3. The van der Waals surface area contributed by atoms with E-state index in [-0.39, 0.29) is 35.7 Å². The highest BCUT2D eigenvalue weighted by molar-refractivity contribution is 14.0. The van der Waals surface area contributed by atoms with Crippen LogP contribution in [0.25, 0.3) is 0 Å². The minimum absolute atomic E-state index is 0. The third-order valence-corrected chi connectivity index (χ3v) is 5.30. The molecule has 1 saturated heterocycles. The first-order valence-corrected chi connectivity index (χ1v) is 11.0. The molecule has 0 radical (unpaired) electrons. The van der Waals surface area contributed by atoms with Gasteiger partial charge >= 0.3 is 0 Å². The number of carbonyl (C=O) groups is 1. The standard InChI is InChI=1S/C24H32FN5O2.HI/c1-26-24(27-11-9-20-6-2-3-8-22(20)25)28-18-19-5-4-7-21(17-19)29-23(31)10-12-30-13-15-32-16-14-30;/h2-8,17H,9-16,18H2,1H3,(H,29,31)(H2,26,27,28);1H. The quantitative estimate of drug-likeness (QED) is 0.246. The van der Waals surface area contributed by atoms with Crippen LogP contribution in [0.4, 0.5) is 10.1 Å². The van der Waals surface area contributed by atoms with Crippen LogP contribution >= 0.6 is 24.0 Å². The summed E-state index contributed by atoms with van der Waals surface area (Å²) in [4.78, 5) is 18.8. The number of hydrogen-bond donors (Lipinski definition) is 3. The van der Waals surface area contributed by atoms with Gasteiger partial charge in [0.2, 0.25) is 5.91 Å². The van der Waals surface area contributed by atoms with Gasteiger partial charge in [-0.3, -0.25) is 14.7 Å². The Morgan fingerprint density at radius 2 is 1.91 bits per heavy atom. The second-order valence-corrected chi connectivity index (χ2v) is 7.65. The SMILES string of the molecule is CN=C(NCCc1ccccc1F)NCc1cccc(NC(=O)CCN2CCOCC2)c1.I. The molecular weight excluding hydrogens is 536 g/mol. The highest BCUT2D eigenvalue weighted by atomic mass is 127. The number of nitrogens with zero attached hydrogens (tertiary/aromatic N) is 2. The summed E-state index contributed by atoms with van der Waals surface area (Å²) in [5, 5.41) is 9.42. The predicted octanol–water partition coefficient (Wildman–Crippen LogP) is 3.01. The van der Waals surface area contributed by atoms with E-state index in [2.05, 4.69) is 25.8 Å². The van der Waals surface area contributed by atoms with Gasteiger partial charge < -0.3 is 20.7 Å². The third-order valence-electron chi connectivity index (χ3n) is 5.30. The first kappa shape index (κ1) is 27.0. The second kappa shape index (κ2) is 14.8. The van der Waals surface area contributed by atoms with Crippen LogP contribution in [-0.4, -0.2) is 63.2 Å². The topological polar surface area (TPSA) is 78.0 Å². The molecular formula is C24H33FIN5O2. The number of rotatable bonds is 9. The maximum atomic E-state index is 13.7. The van der Waals surface area contributed by atoms with Crippen LogP contribution in [0.15, 0.2) is 53.5 Å². The lowest BCUT2D eigenvalue weighted by atomic mass is 10.1. The van der Waals surface area contributed by atoms with Crippen molar-refractivity contribution in [2.24, 2.45) is 4.99 Å². The van der Waals surface area contributed by atoms with Gasteiger partial charge in [0.1, 0.15) is 5.82 Å². The zero-order chi connectivity index (χ0) is 22.6. The van der Waals surface area contributed by atoms with E-state index in [0.717, 1.165) is 44.1 Å². The molecule has 0 unspecified atom stereocenters. The Labute approximate surface area is 212 Å². The number of hydrogen-bond acceptors (Lipinski definition) is 4. The van der Waals surface area contributed by atoms with E-state index < -0.39 is 0 Å². The van der Waals surface area contributed by atoms with Crippen molar-refractivity contribution in [1.82, 2.24) is 15.5 Å². The summed E-state index contributed by atoms with van der Waals surface area (Å²) in [6.45, 7) is 5.09. The van der Waals surface area contributed by atoms with E-state index in [4.69, 9.17) is 4.74 Å². The van der Waals surface area contributed by atoms with E-state index >= 15 is 0 Å². The molecule has 7 nitrogen and oxygen atoms in total. The van der Waals surface area contributed by atoms with Gasteiger partial charge in [-0.25, -0.2) is 4.39 Å². The number of anilines is 1. The first-order chi connectivity index (χ1) is 15.6. The lowest BCUT2D eigenvalue weighted by Gasteiger charge is -2.26. The molecule has 2 aromatic rings. The van der Waals surface area contributed by atoms with E-state index in [0.29, 0.717) is 37.5 Å². The molecule has 1 amide bonds. The number of halogens is 2. The maximum Gasteiger partial charge on any atom is 0.225 e. The lowest BCUT2D eigenvalue weighted by Crippen LogP contribution is -2.38. The highest BCUT2D eigenvalue weighted by Gasteiger charge is 2.12. The van der Waals surface area contributed by atoms with Gasteiger partial charge in [-0.15, -0.1) is 24.0 Å². The van der Waals surface area contributed by atoms with Crippen LogP contribution in [0.2, 0.25) is 0 Å². The first-order valence-electron chi connectivity index (χ1n) is 11.0. The van der Waals surface area contributed by atoms with Crippen LogP contribution in [0.5, 0.6) is 0 Å². The third kappa shape index (κ3) is 9.65. The maximum absolute atomic E-state index is 13.7. The Balaban J connectivity index is 0.00000385. The Bertz CT molecular complexity index is 906. The number of carbonyl (C=O) groups excluding carboxylic acids is 1. The van der Waals surface area contributed by atoms with Gasteiger partial charge in [-0.1, -0.05) is 30.3 Å². The molecule has 180 valence electrons. The summed E-state index contributed by atoms with van der Waals surface area (Å²) in [6, 6.07) is 14.5. The number of amides is 1. The molecule has 0 bridgehead atoms. The smallest absolute Gasteiger partial charge is 0.225 e. The monoisotopic (exact) mass is 569 g/mol. The molecule has 0 spiro atoms. The van der Waals surface area contributed by atoms with Gasteiger partial charge in [0.25, 0.3) is 0 Å². The minimum atomic E-state index is -0.193. The average molecular weight is 569 g/mol. The Hall–Kier alpha value is -2.24. The van der Waals surface area contributed by atoms with E-state index in [1.54, 1.807) is 19.2 Å². The predicted molar refractivity (Wildman–Crippen MR) is 141 cm³/mol. The summed E-state index contributed by atoms with van der Waals surface area (Å²) in [6.07, 6.45) is 1.03. The second-order valence-electron chi connectivity index (χ2n) is 7.65. The van der Waals surface area contributed by atoms with Crippen molar-refractivity contribution >= 4 is 41.5 Å². The normalized spacial score (nSPS) is 14.3. The summed E-state index contributed by atoms with van der Waals surface area (Å²) >= 11 is 0. The fraction of sp³-hybridized carbons (Fsp3) is 0.417. The van der Waals surface area contributed by atoms with Gasteiger partial charge in [0.05, 0.1) is 13.2 Å². The van der Waals surface area contributed by atoms with Crippen LogP contribution < -0.4 is 16.0 Å². The Kier molecular flexibility index (Phi) is 12.1. The van der Waals surface area contributed by atoms with Crippen molar-refractivity contribution in [2.45, 2.75) is 19.4 Å². The Morgan fingerprint density at radius 3 is 2.67 bits per heavy atom. The zero-order valence-electron chi connectivity index (χ0n) is 19.0. The molecule has 3 rings (SSSR count). The van der Waals surface area contributed by atoms with Crippen molar-refractivity contribution < 1.29 is 13.9 Å². The summed E-state index contributed by atoms with van der Waals surface area (Å²) in [5.41, 5.74) is 2.47. The minimum Gasteiger partial charge on any atom is -0.379 e. The lowest BCUT2D eigenvalue weighted by molar-refractivity contribution is -0.116. The van der Waals surface area contributed by atoms with E-state index in [9.17, 15) is 9.18 Å². The van der Waals surface area contributed by atoms with Crippen molar-refractivity contribution in [1.29, 1.82) is 0 Å². The summed E-state index contributed by atoms with van der Waals surface area (Å²) < 4.78 is 19.1. The summed E-state index contributed by atoms with van der Waals surface area (Å²) in [7, 11) is 1.70. The molecule has 0 atom stereocenters. The summed E-state index contributed by atoms with van der Waals surface area (Å²) in [5.74, 6) is 0.453. The van der Waals surface area contributed by atoms with Crippen LogP contribution in [0.3, 0.4) is 0 Å². The molecule has 1 aliphatic heterocycles. The largest absolute Gasteiger partial charge is 0.379 e. The van der Waals surface area contributed by atoms with Crippen LogP contribution in [0, 0.1) is 5.82 Å². The van der Waals surface area contributed by atoms with E-state index in [1.165, 1.54) is 6.07 Å². The number of guanidine groups is 1. The number of nitrogens with one attached hydrogen (secondary N) is 3. The highest BCUT2D eigenvalue weighted by Crippen LogP contribution is 2.11. The molecule has 1 aliphatic rings. The number of ether oxygens (including phenoxy) is 1. The van der Waals surface area contributed by atoms with Crippen molar-refractivity contribution in [3.63, 3.8) is 0 Å². The van der Waals surface area contributed by atoms with Crippen LogP contribution in [-0.2, 0) is 22.5 Å². The fourth-order valence-electron chi connectivity index (χ4n) is 3.49. The van der Waals surface area contributed by atoms with Gasteiger partial charge in [0, 0.05) is 51.9 Å². The van der Waals surface area contributed by atoms with Crippen molar-refractivity contribution in [3.8, 4) is 0 Å². The molecule has 0 aromatic heterocycles. The fourth-order valence-corrected chi connectivity index (χ4v) is 3.49. The number of benzene rings is 2.